The first kappa shape index (κ1) is 14.4. The third-order valence-electron chi connectivity index (χ3n) is 2.40. The van der Waals surface area contributed by atoms with Crippen LogP contribution in [0.4, 0.5) is 0 Å². The number of hydrogen-bond donors (Lipinski definition) is 1. The van der Waals surface area contributed by atoms with Gasteiger partial charge in [-0.15, -0.1) is 0 Å². The van der Waals surface area contributed by atoms with E-state index in [1.54, 1.807) is 24.3 Å². The molecule has 0 unspecified atom stereocenters. The van der Waals surface area contributed by atoms with Crippen molar-refractivity contribution in [1.82, 2.24) is 4.72 Å². The molecule has 0 spiro atoms. The molecule has 0 radical (unpaired) electrons. The van der Waals surface area contributed by atoms with E-state index in [2.05, 4.69) is 4.72 Å². The van der Waals surface area contributed by atoms with Crippen molar-refractivity contribution in [3.8, 4) is 0 Å². The van der Waals surface area contributed by atoms with Gasteiger partial charge in [-0.25, -0.2) is 0 Å². The lowest BCUT2D eigenvalue weighted by atomic mass is 10.1. The van der Waals surface area contributed by atoms with Gasteiger partial charge in [-0.05, 0) is 60.5 Å². The molecule has 1 N–H and O–H groups in total. The second-order valence-electron chi connectivity index (χ2n) is 3.81. The molecule has 2 rings (SSSR count). The van der Waals surface area contributed by atoms with Gasteiger partial charge in [-0.2, -0.15) is 0 Å². The smallest absolute Gasteiger partial charge is 0.177 e. The van der Waals surface area contributed by atoms with Gasteiger partial charge in [0.15, 0.2) is 5.78 Å². The maximum Gasteiger partial charge on any atom is 0.177 e. The summed E-state index contributed by atoms with van der Waals surface area (Å²) in [5, 5.41) is 1.32. The molecule has 0 atom stereocenters. The Morgan fingerprint density at radius 2 is 1.47 bits per heavy atom. The minimum atomic E-state index is 0.0260. The highest BCUT2D eigenvalue weighted by molar-refractivity contribution is 7.97. The van der Waals surface area contributed by atoms with Crippen LogP contribution in [0.3, 0.4) is 0 Å². The van der Waals surface area contributed by atoms with E-state index in [9.17, 15) is 4.79 Å². The van der Waals surface area contributed by atoms with Crippen LogP contribution in [0.25, 0.3) is 0 Å². The van der Waals surface area contributed by atoms with E-state index in [0.29, 0.717) is 15.6 Å². The molecule has 2 aromatic carbocycles. The second kappa shape index (κ2) is 6.96. The van der Waals surface area contributed by atoms with Gasteiger partial charge in [0, 0.05) is 20.5 Å². The summed E-state index contributed by atoms with van der Waals surface area (Å²) in [6.07, 6.45) is 0. The summed E-state index contributed by atoms with van der Waals surface area (Å²) < 4.78 is 3.03. The summed E-state index contributed by atoms with van der Waals surface area (Å²) in [6, 6.07) is 14.3. The van der Waals surface area contributed by atoms with Crippen molar-refractivity contribution >= 4 is 40.9 Å². The van der Waals surface area contributed by atoms with E-state index in [4.69, 9.17) is 23.2 Å². The zero-order chi connectivity index (χ0) is 13.7. The van der Waals surface area contributed by atoms with E-state index in [-0.39, 0.29) is 12.3 Å². The van der Waals surface area contributed by atoms with Crippen molar-refractivity contribution in [3.63, 3.8) is 0 Å². The average Bonchev–Trinajstić information content (AvgIpc) is 2.41. The number of carbonyl (C=O) groups excluding carboxylic acids is 1. The van der Waals surface area contributed by atoms with Gasteiger partial charge in [0.1, 0.15) is 0 Å². The quantitative estimate of drug-likeness (QED) is 0.652. The van der Waals surface area contributed by atoms with Crippen LogP contribution in [0.1, 0.15) is 10.4 Å². The van der Waals surface area contributed by atoms with Gasteiger partial charge in [-0.3, -0.25) is 9.52 Å². The van der Waals surface area contributed by atoms with Gasteiger partial charge in [0.05, 0.1) is 6.54 Å². The summed E-state index contributed by atoms with van der Waals surface area (Å²) in [5.74, 6) is 0.0260. The molecule has 5 heteroatoms. The number of ketones is 1. The van der Waals surface area contributed by atoms with E-state index in [1.807, 2.05) is 24.3 Å². The minimum absolute atomic E-state index is 0.0260. The Balaban J connectivity index is 1.84. The molecule has 0 aliphatic heterocycles. The zero-order valence-corrected chi connectivity index (χ0v) is 12.2. The van der Waals surface area contributed by atoms with Crippen LogP contribution >= 0.6 is 35.1 Å². The Morgan fingerprint density at radius 1 is 0.947 bits per heavy atom. The third-order valence-corrected chi connectivity index (χ3v) is 3.70. The van der Waals surface area contributed by atoms with Crippen LogP contribution in [0.15, 0.2) is 53.4 Å². The molecule has 0 aliphatic carbocycles. The van der Waals surface area contributed by atoms with Gasteiger partial charge < -0.3 is 0 Å². The molecule has 0 bridgehead atoms. The number of nitrogens with one attached hydrogen (secondary N) is 1. The summed E-state index contributed by atoms with van der Waals surface area (Å²) in [6.45, 7) is 0.259. The van der Waals surface area contributed by atoms with Crippen molar-refractivity contribution in [2.75, 3.05) is 6.54 Å². The lowest BCUT2D eigenvalue weighted by molar-refractivity contribution is 0.0998. The molecule has 0 heterocycles. The molecule has 0 amide bonds. The highest BCUT2D eigenvalue weighted by atomic mass is 35.5. The highest BCUT2D eigenvalue weighted by Crippen LogP contribution is 2.17. The summed E-state index contributed by atoms with van der Waals surface area (Å²) in [4.78, 5) is 12.9. The summed E-state index contributed by atoms with van der Waals surface area (Å²) in [7, 11) is 0. The Bertz CT molecular complexity index is 555. The molecule has 19 heavy (non-hydrogen) atoms. The number of rotatable bonds is 5. The van der Waals surface area contributed by atoms with Gasteiger partial charge >= 0.3 is 0 Å². The van der Waals surface area contributed by atoms with Crippen molar-refractivity contribution in [3.05, 3.63) is 64.1 Å². The Labute approximate surface area is 126 Å². The van der Waals surface area contributed by atoms with Crippen LogP contribution in [0.5, 0.6) is 0 Å². The van der Waals surface area contributed by atoms with Crippen LogP contribution in [0.2, 0.25) is 10.0 Å². The van der Waals surface area contributed by atoms with Crippen LogP contribution in [-0.4, -0.2) is 12.3 Å². The first-order chi connectivity index (χ1) is 9.15. The molecule has 0 aromatic heterocycles. The third kappa shape index (κ3) is 4.55. The summed E-state index contributed by atoms with van der Waals surface area (Å²) >= 11 is 13.0. The maximum absolute atomic E-state index is 11.9. The fraction of sp³-hybridized carbons (Fsp3) is 0.0714. The Kier molecular flexibility index (Phi) is 5.28. The number of halogens is 2. The van der Waals surface area contributed by atoms with Gasteiger partial charge in [0.2, 0.25) is 0 Å². The molecular formula is C14H11Cl2NOS. The summed E-state index contributed by atoms with van der Waals surface area (Å²) in [5.41, 5.74) is 0.647. The van der Waals surface area contributed by atoms with Crippen molar-refractivity contribution in [2.45, 2.75) is 4.90 Å². The minimum Gasteiger partial charge on any atom is -0.293 e. The van der Waals surface area contributed by atoms with Gasteiger partial charge in [-0.1, -0.05) is 23.2 Å². The van der Waals surface area contributed by atoms with Crippen molar-refractivity contribution < 1.29 is 4.79 Å². The van der Waals surface area contributed by atoms with E-state index in [1.165, 1.54) is 11.9 Å². The monoisotopic (exact) mass is 311 g/mol. The first-order valence-electron chi connectivity index (χ1n) is 5.59. The largest absolute Gasteiger partial charge is 0.293 e. The number of hydrogen-bond acceptors (Lipinski definition) is 3. The molecule has 2 aromatic rings. The topological polar surface area (TPSA) is 29.1 Å². The van der Waals surface area contributed by atoms with Crippen LogP contribution in [0, 0.1) is 0 Å². The standard InChI is InChI=1S/C14H11Cl2NOS/c15-11-3-1-10(2-4-11)14(18)9-17-19-13-7-5-12(16)6-8-13/h1-8,17H,9H2. The molecule has 0 saturated carbocycles. The fourth-order valence-corrected chi connectivity index (χ4v) is 2.32. The van der Waals surface area contributed by atoms with Crippen molar-refractivity contribution in [2.24, 2.45) is 0 Å². The molecule has 0 fully saturated rings. The first-order valence-corrected chi connectivity index (χ1v) is 7.16. The molecule has 0 saturated heterocycles. The van der Waals surface area contributed by atoms with E-state index < -0.39 is 0 Å². The lowest BCUT2D eigenvalue weighted by Crippen LogP contribution is -2.16. The fourth-order valence-electron chi connectivity index (χ4n) is 1.43. The van der Waals surface area contributed by atoms with E-state index in [0.717, 1.165) is 4.90 Å². The highest BCUT2D eigenvalue weighted by Gasteiger charge is 2.05. The normalized spacial score (nSPS) is 10.4. The number of carbonyl (C=O) groups is 1. The second-order valence-corrected chi connectivity index (χ2v) is 5.64. The Hall–Kier alpha value is -1.00. The predicted octanol–water partition coefficient (Wildman–Crippen LogP) is 4.47. The number of benzene rings is 2. The SMILES string of the molecule is O=C(CNSc1ccc(Cl)cc1)c1ccc(Cl)cc1. The Morgan fingerprint density at radius 3 is 2.05 bits per heavy atom. The lowest BCUT2D eigenvalue weighted by Gasteiger charge is -2.04. The van der Waals surface area contributed by atoms with E-state index >= 15 is 0 Å². The average molecular weight is 312 g/mol. The van der Waals surface area contributed by atoms with Crippen LogP contribution < -0.4 is 4.72 Å². The van der Waals surface area contributed by atoms with Crippen molar-refractivity contribution in [1.29, 1.82) is 0 Å². The number of Topliss-reactive ketones (excluding diaryl/α,β-unsaturated/α-hetero) is 1. The van der Waals surface area contributed by atoms with Crippen LogP contribution in [-0.2, 0) is 0 Å². The molecular weight excluding hydrogens is 301 g/mol. The molecule has 0 aliphatic rings. The zero-order valence-electron chi connectivity index (χ0n) is 9.90. The predicted molar refractivity (Wildman–Crippen MR) is 81.1 cm³/mol. The van der Waals surface area contributed by atoms with Gasteiger partial charge in [0.25, 0.3) is 0 Å². The molecule has 2 nitrogen and oxygen atoms in total. The molecule has 98 valence electrons. The maximum atomic E-state index is 11.9.